The molecule has 0 aromatic heterocycles. The minimum Gasteiger partial charge on any atom is -0.380 e. The van der Waals surface area contributed by atoms with Gasteiger partial charge in [-0.1, -0.05) is 32.0 Å². The molecule has 0 aliphatic rings. The molecule has 0 saturated heterocycles. The van der Waals surface area contributed by atoms with Crippen LogP contribution in [0, 0.1) is 16.0 Å². The molecule has 0 aliphatic carbocycles. The summed E-state index contributed by atoms with van der Waals surface area (Å²) in [6.07, 6.45) is 0. The predicted octanol–water partition coefficient (Wildman–Crippen LogP) is 2.92. The highest BCUT2D eigenvalue weighted by atomic mass is 16.6. The second kappa shape index (κ2) is 7.86. The van der Waals surface area contributed by atoms with Gasteiger partial charge >= 0.3 is 0 Å². The van der Waals surface area contributed by atoms with E-state index in [2.05, 4.69) is 19.2 Å². The van der Waals surface area contributed by atoms with Gasteiger partial charge in [-0.15, -0.1) is 0 Å². The number of benzene rings is 1. The smallest absolute Gasteiger partial charge is 0.274 e. The van der Waals surface area contributed by atoms with Crippen molar-refractivity contribution in [1.29, 1.82) is 0 Å². The Morgan fingerprint density at radius 1 is 1.32 bits per heavy atom. The third-order valence-electron chi connectivity index (χ3n) is 2.75. The summed E-state index contributed by atoms with van der Waals surface area (Å²) < 4.78 is 5.46. The SMILES string of the molecule is CC(C)COCCNC(C)c1ccccc1[N+](=O)[O-]. The number of nitrogens with one attached hydrogen (secondary N) is 1. The average Bonchev–Trinajstić information content (AvgIpc) is 2.37. The van der Waals surface area contributed by atoms with Gasteiger partial charge in [-0.2, -0.15) is 0 Å². The van der Waals surface area contributed by atoms with Gasteiger partial charge < -0.3 is 10.1 Å². The summed E-state index contributed by atoms with van der Waals surface area (Å²) in [5, 5.41) is 14.2. The number of nitro groups is 1. The number of nitro benzene ring substituents is 1. The first-order valence-corrected chi connectivity index (χ1v) is 6.56. The van der Waals surface area contributed by atoms with Crippen molar-refractivity contribution in [3.8, 4) is 0 Å². The van der Waals surface area contributed by atoms with Crippen LogP contribution in [0.1, 0.15) is 32.4 Å². The standard InChI is InChI=1S/C14H22N2O3/c1-11(2)10-19-9-8-15-12(3)13-6-4-5-7-14(13)16(17)18/h4-7,11-12,15H,8-10H2,1-3H3. The molecule has 19 heavy (non-hydrogen) atoms. The lowest BCUT2D eigenvalue weighted by Crippen LogP contribution is -2.24. The molecule has 106 valence electrons. The van der Waals surface area contributed by atoms with Gasteiger partial charge in [-0.25, -0.2) is 0 Å². The third kappa shape index (κ3) is 5.36. The molecule has 5 heteroatoms. The first kappa shape index (κ1) is 15.6. The van der Waals surface area contributed by atoms with Gasteiger partial charge in [0, 0.05) is 30.8 Å². The minimum absolute atomic E-state index is 0.0655. The van der Waals surface area contributed by atoms with E-state index in [-0.39, 0.29) is 16.7 Å². The Labute approximate surface area is 114 Å². The fraction of sp³-hybridized carbons (Fsp3) is 0.571. The lowest BCUT2D eigenvalue weighted by Gasteiger charge is -2.14. The summed E-state index contributed by atoms with van der Waals surface area (Å²) in [5.74, 6) is 0.521. The van der Waals surface area contributed by atoms with Crippen molar-refractivity contribution in [2.75, 3.05) is 19.8 Å². The van der Waals surface area contributed by atoms with Crippen LogP contribution in [-0.2, 0) is 4.74 Å². The Kier molecular flexibility index (Phi) is 6.45. The van der Waals surface area contributed by atoms with Crippen molar-refractivity contribution >= 4 is 5.69 Å². The van der Waals surface area contributed by atoms with Crippen molar-refractivity contribution in [3.05, 3.63) is 39.9 Å². The van der Waals surface area contributed by atoms with Crippen molar-refractivity contribution in [2.24, 2.45) is 5.92 Å². The Morgan fingerprint density at radius 2 is 2.00 bits per heavy atom. The normalized spacial score (nSPS) is 12.6. The van der Waals surface area contributed by atoms with E-state index >= 15 is 0 Å². The van der Waals surface area contributed by atoms with E-state index in [9.17, 15) is 10.1 Å². The minimum atomic E-state index is -0.344. The van der Waals surface area contributed by atoms with Crippen LogP contribution >= 0.6 is 0 Å². The molecule has 0 aliphatic heterocycles. The Morgan fingerprint density at radius 3 is 2.63 bits per heavy atom. The largest absolute Gasteiger partial charge is 0.380 e. The first-order valence-electron chi connectivity index (χ1n) is 6.56. The van der Waals surface area contributed by atoms with Gasteiger partial charge in [0.15, 0.2) is 0 Å². The van der Waals surface area contributed by atoms with Gasteiger partial charge in [-0.3, -0.25) is 10.1 Å². The molecule has 1 unspecified atom stereocenters. The molecule has 1 rings (SSSR count). The molecule has 0 saturated carbocycles. The number of rotatable bonds is 8. The highest BCUT2D eigenvalue weighted by Crippen LogP contribution is 2.23. The van der Waals surface area contributed by atoms with Crippen LogP contribution in [0.25, 0.3) is 0 Å². The maximum Gasteiger partial charge on any atom is 0.274 e. The molecule has 0 bridgehead atoms. The fourth-order valence-electron chi connectivity index (χ4n) is 1.80. The van der Waals surface area contributed by atoms with Gasteiger partial charge in [-0.05, 0) is 12.8 Å². The van der Waals surface area contributed by atoms with Crippen molar-refractivity contribution in [2.45, 2.75) is 26.8 Å². The molecular weight excluding hydrogens is 244 g/mol. The first-order chi connectivity index (χ1) is 9.02. The van der Waals surface area contributed by atoms with Crippen LogP contribution < -0.4 is 5.32 Å². The van der Waals surface area contributed by atoms with Gasteiger partial charge in [0.05, 0.1) is 11.5 Å². The molecule has 1 atom stereocenters. The fourth-order valence-corrected chi connectivity index (χ4v) is 1.80. The quantitative estimate of drug-likeness (QED) is 0.446. The molecule has 0 heterocycles. The summed E-state index contributed by atoms with van der Waals surface area (Å²) in [4.78, 5) is 10.6. The molecule has 0 spiro atoms. The van der Waals surface area contributed by atoms with Crippen LogP contribution in [-0.4, -0.2) is 24.7 Å². The zero-order valence-electron chi connectivity index (χ0n) is 11.8. The van der Waals surface area contributed by atoms with E-state index in [1.165, 1.54) is 6.07 Å². The Balaban J connectivity index is 2.45. The van der Waals surface area contributed by atoms with Crippen LogP contribution in [0.3, 0.4) is 0 Å². The van der Waals surface area contributed by atoms with Crippen LogP contribution in [0.15, 0.2) is 24.3 Å². The molecule has 0 fully saturated rings. The summed E-state index contributed by atoms with van der Waals surface area (Å²) in [7, 11) is 0. The number of hydrogen-bond acceptors (Lipinski definition) is 4. The van der Waals surface area contributed by atoms with Crippen LogP contribution in [0.4, 0.5) is 5.69 Å². The molecule has 0 amide bonds. The molecule has 0 radical (unpaired) electrons. The number of nitrogens with zero attached hydrogens (tertiary/aromatic N) is 1. The number of ether oxygens (including phenoxy) is 1. The number of para-hydroxylation sites is 1. The van der Waals surface area contributed by atoms with E-state index in [4.69, 9.17) is 4.74 Å². The highest BCUT2D eigenvalue weighted by Gasteiger charge is 2.17. The maximum atomic E-state index is 10.9. The second-order valence-corrected chi connectivity index (χ2v) is 4.96. The second-order valence-electron chi connectivity index (χ2n) is 4.96. The van der Waals surface area contributed by atoms with E-state index in [1.807, 2.05) is 13.0 Å². The summed E-state index contributed by atoms with van der Waals surface area (Å²) in [6.45, 7) is 8.15. The number of hydrogen-bond donors (Lipinski definition) is 1. The lowest BCUT2D eigenvalue weighted by atomic mass is 10.1. The van der Waals surface area contributed by atoms with E-state index < -0.39 is 0 Å². The molecule has 1 N–H and O–H groups in total. The Hall–Kier alpha value is -1.46. The van der Waals surface area contributed by atoms with Gasteiger partial charge in [0.2, 0.25) is 0 Å². The van der Waals surface area contributed by atoms with Crippen molar-refractivity contribution in [3.63, 3.8) is 0 Å². The van der Waals surface area contributed by atoms with E-state index in [1.54, 1.807) is 12.1 Å². The topological polar surface area (TPSA) is 64.4 Å². The van der Waals surface area contributed by atoms with Crippen molar-refractivity contribution in [1.82, 2.24) is 5.32 Å². The molecule has 1 aromatic carbocycles. The summed E-state index contributed by atoms with van der Waals surface area (Å²) in [5.41, 5.74) is 0.863. The van der Waals surface area contributed by atoms with Crippen molar-refractivity contribution < 1.29 is 9.66 Å². The Bertz CT molecular complexity index is 407. The molecule has 5 nitrogen and oxygen atoms in total. The van der Waals surface area contributed by atoms with Crippen LogP contribution in [0.2, 0.25) is 0 Å². The monoisotopic (exact) mass is 266 g/mol. The van der Waals surface area contributed by atoms with E-state index in [0.717, 1.165) is 6.61 Å². The van der Waals surface area contributed by atoms with Crippen LogP contribution in [0.5, 0.6) is 0 Å². The lowest BCUT2D eigenvalue weighted by molar-refractivity contribution is -0.385. The zero-order valence-corrected chi connectivity index (χ0v) is 11.8. The van der Waals surface area contributed by atoms with Gasteiger partial charge in [0.1, 0.15) is 0 Å². The zero-order chi connectivity index (χ0) is 14.3. The maximum absolute atomic E-state index is 10.9. The summed E-state index contributed by atoms with van der Waals surface area (Å²) in [6, 6.07) is 6.74. The highest BCUT2D eigenvalue weighted by molar-refractivity contribution is 5.41. The third-order valence-corrected chi connectivity index (χ3v) is 2.75. The predicted molar refractivity (Wildman–Crippen MR) is 75.2 cm³/mol. The summed E-state index contributed by atoms with van der Waals surface area (Å²) >= 11 is 0. The van der Waals surface area contributed by atoms with E-state index in [0.29, 0.717) is 24.6 Å². The molecular formula is C14H22N2O3. The van der Waals surface area contributed by atoms with Gasteiger partial charge in [0.25, 0.3) is 5.69 Å². The molecule has 1 aromatic rings. The average molecular weight is 266 g/mol.